The molecular formula is C12H11Cl2N3O2S. The Balaban J connectivity index is 2.43. The molecule has 2 aromatic rings. The summed E-state index contributed by atoms with van der Waals surface area (Å²) in [5.41, 5.74) is 6.76. The number of benzene rings is 1. The quantitative estimate of drug-likeness (QED) is 0.846. The molecule has 1 aromatic heterocycles. The van der Waals surface area contributed by atoms with Crippen LogP contribution in [0, 0.1) is 6.92 Å². The number of pyridine rings is 1. The van der Waals surface area contributed by atoms with Crippen LogP contribution in [0.5, 0.6) is 0 Å². The third-order valence-corrected chi connectivity index (χ3v) is 4.60. The van der Waals surface area contributed by atoms with Gasteiger partial charge in [0.25, 0.3) is 10.0 Å². The molecular weight excluding hydrogens is 321 g/mol. The number of sulfonamides is 1. The maximum atomic E-state index is 12.3. The molecule has 0 saturated carbocycles. The Hall–Kier alpha value is -1.50. The molecule has 0 bridgehead atoms. The van der Waals surface area contributed by atoms with Crippen molar-refractivity contribution in [2.24, 2.45) is 0 Å². The highest BCUT2D eigenvalue weighted by Gasteiger charge is 2.22. The Morgan fingerprint density at radius 1 is 1.25 bits per heavy atom. The van der Waals surface area contributed by atoms with Gasteiger partial charge in [0.05, 0.1) is 22.6 Å². The molecule has 0 aliphatic carbocycles. The molecule has 0 aliphatic heterocycles. The largest absolute Gasteiger partial charge is 0.398 e. The molecule has 0 radical (unpaired) electrons. The van der Waals surface area contributed by atoms with Crippen molar-refractivity contribution in [2.75, 3.05) is 10.5 Å². The Labute approximate surface area is 126 Å². The molecule has 0 spiro atoms. The zero-order valence-corrected chi connectivity index (χ0v) is 12.7. The van der Waals surface area contributed by atoms with Crippen LogP contribution in [-0.4, -0.2) is 13.4 Å². The summed E-state index contributed by atoms with van der Waals surface area (Å²) in [7, 11) is -3.91. The summed E-state index contributed by atoms with van der Waals surface area (Å²) in [5, 5.41) is 0.228. The van der Waals surface area contributed by atoms with Crippen molar-refractivity contribution >= 4 is 44.6 Å². The van der Waals surface area contributed by atoms with Crippen molar-refractivity contribution in [3.8, 4) is 0 Å². The number of nitrogens with zero attached hydrogens (tertiary/aromatic N) is 1. The summed E-state index contributed by atoms with van der Waals surface area (Å²) in [4.78, 5) is 3.80. The van der Waals surface area contributed by atoms with Gasteiger partial charge < -0.3 is 5.73 Å². The lowest BCUT2D eigenvalue weighted by Gasteiger charge is -2.12. The third kappa shape index (κ3) is 3.15. The first-order valence-electron chi connectivity index (χ1n) is 5.49. The molecule has 5 nitrogen and oxygen atoms in total. The summed E-state index contributed by atoms with van der Waals surface area (Å²) in [5.74, 6) is 0. The van der Waals surface area contributed by atoms with Gasteiger partial charge in [0.1, 0.15) is 4.90 Å². The molecule has 8 heteroatoms. The Kier molecular flexibility index (Phi) is 4.08. The summed E-state index contributed by atoms with van der Waals surface area (Å²) >= 11 is 11.7. The van der Waals surface area contributed by atoms with E-state index in [4.69, 9.17) is 28.9 Å². The minimum atomic E-state index is -3.91. The molecule has 2 rings (SSSR count). The zero-order valence-electron chi connectivity index (χ0n) is 10.4. The van der Waals surface area contributed by atoms with Crippen LogP contribution in [0.4, 0.5) is 11.4 Å². The lowest BCUT2D eigenvalue weighted by Crippen LogP contribution is -2.15. The van der Waals surface area contributed by atoms with Crippen LogP contribution < -0.4 is 10.5 Å². The van der Waals surface area contributed by atoms with Gasteiger partial charge in [0.15, 0.2) is 0 Å². The zero-order chi connectivity index (χ0) is 14.9. The van der Waals surface area contributed by atoms with E-state index in [2.05, 4.69) is 9.71 Å². The summed E-state index contributed by atoms with van der Waals surface area (Å²) in [6.07, 6.45) is 1.41. The van der Waals surface area contributed by atoms with E-state index in [1.807, 2.05) is 0 Å². The van der Waals surface area contributed by atoms with Crippen molar-refractivity contribution in [1.29, 1.82) is 0 Å². The maximum Gasteiger partial charge on any atom is 0.265 e. The van der Waals surface area contributed by atoms with Crippen molar-refractivity contribution in [3.05, 3.63) is 46.2 Å². The molecule has 0 atom stereocenters. The SMILES string of the molecule is Cc1ccc(NS(=O)(=O)c2c(N)cc(Cl)cc2Cl)cn1. The normalized spacial score (nSPS) is 11.3. The van der Waals surface area contributed by atoms with Crippen molar-refractivity contribution in [3.63, 3.8) is 0 Å². The van der Waals surface area contributed by atoms with E-state index in [1.54, 1.807) is 19.1 Å². The van der Waals surface area contributed by atoms with Gasteiger partial charge in [-0.3, -0.25) is 9.71 Å². The van der Waals surface area contributed by atoms with E-state index in [9.17, 15) is 8.42 Å². The highest BCUT2D eigenvalue weighted by molar-refractivity contribution is 7.93. The lowest BCUT2D eigenvalue weighted by atomic mass is 10.3. The number of anilines is 2. The fourth-order valence-corrected chi connectivity index (χ4v) is 3.63. The van der Waals surface area contributed by atoms with Crippen LogP contribution in [0.1, 0.15) is 5.69 Å². The number of aryl methyl sites for hydroxylation is 1. The first-order chi connectivity index (χ1) is 9.29. The highest BCUT2D eigenvalue weighted by Crippen LogP contribution is 2.32. The molecule has 0 aliphatic rings. The first kappa shape index (κ1) is 14.9. The molecule has 1 heterocycles. The predicted octanol–water partition coefficient (Wildman–Crippen LogP) is 3.08. The second-order valence-electron chi connectivity index (χ2n) is 4.10. The minimum Gasteiger partial charge on any atom is -0.398 e. The number of nitrogen functional groups attached to an aromatic ring is 1. The van der Waals surface area contributed by atoms with Crippen molar-refractivity contribution < 1.29 is 8.42 Å². The minimum absolute atomic E-state index is 0.0185. The summed E-state index contributed by atoms with van der Waals surface area (Å²) < 4.78 is 27.0. The van der Waals surface area contributed by atoms with Gasteiger partial charge in [0, 0.05) is 10.7 Å². The van der Waals surface area contributed by atoms with E-state index >= 15 is 0 Å². The Bertz CT molecular complexity index is 723. The standard InChI is InChI=1S/C12H11Cl2N3O2S/c1-7-2-3-9(6-16-7)17-20(18,19)12-10(14)4-8(13)5-11(12)15/h2-6,17H,15H2,1H3. The first-order valence-corrected chi connectivity index (χ1v) is 7.73. The number of aromatic nitrogens is 1. The molecule has 0 amide bonds. The van der Waals surface area contributed by atoms with Crippen LogP contribution in [0.3, 0.4) is 0 Å². The smallest absolute Gasteiger partial charge is 0.265 e. The van der Waals surface area contributed by atoms with E-state index in [1.165, 1.54) is 18.3 Å². The monoisotopic (exact) mass is 331 g/mol. The number of nitrogens with two attached hydrogens (primary N) is 1. The van der Waals surface area contributed by atoms with Crippen LogP contribution in [0.25, 0.3) is 0 Å². The van der Waals surface area contributed by atoms with Crippen LogP contribution >= 0.6 is 23.2 Å². The molecule has 3 N–H and O–H groups in total. The fraction of sp³-hybridized carbons (Fsp3) is 0.0833. The Morgan fingerprint density at radius 2 is 1.95 bits per heavy atom. The predicted molar refractivity (Wildman–Crippen MR) is 80.7 cm³/mol. The van der Waals surface area contributed by atoms with Crippen LogP contribution in [0.15, 0.2) is 35.4 Å². The van der Waals surface area contributed by atoms with E-state index in [0.717, 1.165) is 5.69 Å². The number of hydrogen-bond donors (Lipinski definition) is 2. The number of halogens is 2. The molecule has 106 valence electrons. The van der Waals surface area contributed by atoms with Crippen molar-refractivity contribution in [1.82, 2.24) is 4.98 Å². The van der Waals surface area contributed by atoms with Crippen molar-refractivity contribution in [2.45, 2.75) is 11.8 Å². The van der Waals surface area contributed by atoms with E-state index in [-0.39, 0.29) is 20.6 Å². The average molecular weight is 332 g/mol. The van der Waals surface area contributed by atoms with Gasteiger partial charge >= 0.3 is 0 Å². The van der Waals surface area contributed by atoms with E-state index in [0.29, 0.717) is 5.69 Å². The average Bonchev–Trinajstić information content (AvgIpc) is 2.30. The summed E-state index contributed by atoms with van der Waals surface area (Å²) in [6.45, 7) is 1.80. The number of hydrogen-bond acceptors (Lipinski definition) is 4. The lowest BCUT2D eigenvalue weighted by molar-refractivity contribution is 0.601. The topological polar surface area (TPSA) is 85.1 Å². The highest BCUT2D eigenvalue weighted by atomic mass is 35.5. The van der Waals surface area contributed by atoms with Gasteiger partial charge in [0.2, 0.25) is 0 Å². The van der Waals surface area contributed by atoms with Gasteiger partial charge in [-0.1, -0.05) is 23.2 Å². The van der Waals surface area contributed by atoms with Crippen LogP contribution in [0.2, 0.25) is 10.0 Å². The molecule has 1 aromatic carbocycles. The van der Waals surface area contributed by atoms with E-state index < -0.39 is 10.0 Å². The Morgan fingerprint density at radius 3 is 2.50 bits per heavy atom. The molecule has 0 unspecified atom stereocenters. The summed E-state index contributed by atoms with van der Waals surface area (Å²) in [6, 6.07) is 5.93. The fourth-order valence-electron chi connectivity index (χ4n) is 1.60. The maximum absolute atomic E-state index is 12.3. The number of rotatable bonds is 3. The van der Waals surface area contributed by atoms with Crippen LogP contribution in [-0.2, 0) is 10.0 Å². The second kappa shape index (κ2) is 5.47. The molecule has 20 heavy (non-hydrogen) atoms. The second-order valence-corrected chi connectivity index (χ2v) is 6.56. The van der Waals surface area contributed by atoms with Gasteiger partial charge in [-0.05, 0) is 31.2 Å². The third-order valence-electron chi connectivity index (χ3n) is 2.47. The number of nitrogens with one attached hydrogen (secondary N) is 1. The van der Waals surface area contributed by atoms with Gasteiger partial charge in [-0.2, -0.15) is 0 Å². The molecule has 0 saturated heterocycles. The molecule has 0 fully saturated rings. The van der Waals surface area contributed by atoms with Gasteiger partial charge in [-0.15, -0.1) is 0 Å². The van der Waals surface area contributed by atoms with Gasteiger partial charge in [-0.25, -0.2) is 8.42 Å².